The standard InChI is InChI=1S/C16H20N2O4/c1-21-13-7-11-12(17-16(20)18-15(11)19)8-14(13)22-9-10-5-3-2-4-6-10/h2-6,11-14H,7-9H2,1H3,(H2,17,18,19,20). The zero-order valence-electron chi connectivity index (χ0n) is 12.5. The molecule has 0 aromatic heterocycles. The monoisotopic (exact) mass is 304 g/mol. The van der Waals surface area contributed by atoms with Gasteiger partial charge in [-0.05, 0) is 18.4 Å². The van der Waals surface area contributed by atoms with E-state index in [1.54, 1.807) is 7.11 Å². The Kier molecular flexibility index (Phi) is 4.40. The highest BCUT2D eigenvalue weighted by atomic mass is 16.5. The molecule has 2 fully saturated rings. The zero-order chi connectivity index (χ0) is 15.5. The average Bonchev–Trinajstić information content (AvgIpc) is 2.53. The largest absolute Gasteiger partial charge is 0.379 e. The second-order valence-corrected chi connectivity index (χ2v) is 5.76. The highest BCUT2D eigenvalue weighted by molar-refractivity contribution is 5.98. The Balaban J connectivity index is 1.66. The molecule has 0 bridgehead atoms. The van der Waals surface area contributed by atoms with E-state index in [0.717, 1.165) is 5.56 Å². The van der Waals surface area contributed by atoms with Crippen molar-refractivity contribution < 1.29 is 19.1 Å². The number of hydrogen-bond donors (Lipinski definition) is 2. The number of rotatable bonds is 4. The summed E-state index contributed by atoms with van der Waals surface area (Å²) in [6.07, 6.45) is 0.838. The Labute approximate surface area is 129 Å². The van der Waals surface area contributed by atoms with Gasteiger partial charge in [0.05, 0.1) is 24.7 Å². The lowest BCUT2D eigenvalue weighted by Gasteiger charge is -2.42. The molecule has 118 valence electrons. The van der Waals surface area contributed by atoms with Crippen LogP contribution in [0.25, 0.3) is 0 Å². The van der Waals surface area contributed by atoms with Crippen molar-refractivity contribution in [3.05, 3.63) is 35.9 Å². The molecule has 1 saturated heterocycles. The molecular weight excluding hydrogens is 284 g/mol. The first-order valence-electron chi connectivity index (χ1n) is 7.47. The minimum Gasteiger partial charge on any atom is -0.379 e. The Morgan fingerprint density at radius 3 is 2.64 bits per heavy atom. The van der Waals surface area contributed by atoms with Gasteiger partial charge in [-0.1, -0.05) is 30.3 Å². The molecule has 6 nitrogen and oxygen atoms in total. The number of nitrogens with one attached hydrogen (secondary N) is 2. The second-order valence-electron chi connectivity index (χ2n) is 5.76. The highest BCUT2D eigenvalue weighted by Gasteiger charge is 2.44. The summed E-state index contributed by atoms with van der Waals surface area (Å²) < 4.78 is 11.5. The Bertz CT molecular complexity index is 548. The number of hydrogen-bond acceptors (Lipinski definition) is 4. The lowest BCUT2D eigenvalue weighted by molar-refractivity contribution is -0.137. The first-order valence-corrected chi connectivity index (χ1v) is 7.47. The van der Waals surface area contributed by atoms with Crippen molar-refractivity contribution in [3.63, 3.8) is 0 Å². The molecule has 2 aliphatic rings. The molecule has 4 atom stereocenters. The molecule has 3 amide bonds. The van der Waals surface area contributed by atoms with E-state index >= 15 is 0 Å². The van der Waals surface area contributed by atoms with Gasteiger partial charge in [-0.3, -0.25) is 10.1 Å². The minimum atomic E-state index is -0.427. The summed E-state index contributed by atoms with van der Waals surface area (Å²) in [5.41, 5.74) is 1.09. The Morgan fingerprint density at radius 1 is 1.14 bits per heavy atom. The summed E-state index contributed by atoms with van der Waals surface area (Å²) in [5.74, 6) is -0.475. The highest BCUT2D eigenvalue weighted by Crippen LogP contribution is 2.31. The van der Waals surface area contributed by atoms with Gasteiger partial charge >= 0.3 is 6.03 Å². The van der Waals surface area contributed by atoms with Crippen LogP contribution in [0.1, 0.15) is 18.4 Å². The van der Waals surface area contributed by atoms with Gasteiger partial charge in [-0.2, -0.15) is 0 Å². The van der Waals surface area contributed by atoms with Crippen molar-refractivity contribution in [2.24, 2.45) is 5.92 Å². The second kappa shape index (κ2) is 6.46. The van der Waals surface area contributed by atoms with Crippen LogP contribution in [0.4, 0.5) is 4.79 Å². The van der Waals surface area contributed by atoms with E-state index in [9.17, 15) is 9.59 Å². The van der Waals surface area contributed by atoms with Crippen molar-refractivity contribution >= 4 is 11.9 Å². The van der Waals surface area contributed by atoms with Crippen molar-refractivity contribution in [2.75, 3.05) is 7.11 Å². The molecular formula is C16H20N2O4. The Morgan fingerprint density at radius 2 is 1.91 bits per heavy atom. The average molecular weight is 304 g/mol. The van der Waals surface area contributed by atoms with Crippen molar-refractivity contribution in [1.82, 2.24) is 10.6 Å². The minimum absolute atomic E-state index is 0.141. The molecule has 1 heterocycles. The Hall–Kier alpha value is -1.92. The predicted octanol–water partition coefficient (Wildman–Crippen LogP) is 1.20. The van der Waals surface area contributed by atoms with Gasteiger partial charge in [-0.25, -0.2) is 4.79 Å². The van der Waals surface area contributed by atoms with E-state index in [1.165, 1.54) is 0 Å². The lowest BCUT2D eigenvalue weighted by atomic mass is 9.79. The van der Waals surface area contributed by atoms with Gasteiger partial charge in [0, 0.05) is 13.2 Å². The molecule has 6 heteroatoms. The lowest BCUT2D eigenvalue weighted by Crippen LogP contribution is -2.62. The van der Waals surface area contributed by atoms with E-state index < -0.39 is 6.03 Å². The number of methoxy groups -OCH3 is 1. The summed E-state index contributed by atoms with van der Waals surface area (Å²) in [6.45, 7) is 0.489. The normalized spacial score (nSPS) is 31.1. The third-order valence-corrected chi connectivity index (χ3v) is 4.37. The van der Waals surface area contributed by atoms with Crippen LogP contribution in [0.5, 0.6) is 0 Å². The van der Waals surface area contributed by atoms with Gasteiger partial charge < -0.3 is 14.8 Å². The fraction of sp³-hybridized carbons (Fsp3) is 0.500. The SMILES string of the molecule is COC1CC2C(=O)NC(=O)NC2CC1OCc1ccccc1. The quantitative estimate of drug-likeness (QED) is 0.876. The maximum absolute atomic E-state index is 11.9. The number of carbonyl (C=O) groups is 2. The fourth-order valence-corrected chi connectivity index (χ4v) is 3.19. The molecule has 0 radical (unpaired) electrons. The predicted molar refractivity (Wildman–Crippen MR) is 79.0 cm³/mol. The number of benzene rings is 1. The van der Waals surface area contributed by atoms with Gasteiger partial charge in [-0.15, -0.1) is 0 Å². The van der Waals surface area contributed by atoms with Crippen LogP contribution in [0.3, 0.4) is 0 Å². The smallest absolute Gasteiger partial charge is 0.321 e. The number of ether oxygens (including phenoxy) is 2. The summed E-state index contributed by atoms with van der Waals surface area (Å²) in [6, 6.07) is 9.29. The van der Waals surface area contributed by atoms with Crippen LogP contribution in [0, 0.1) is 5.92 Å². The molecule has 1 saturated carbocycles. The van der Waals surface area contributed by atoms with Crippen LogP contribution in [-0.4, -0.2) is 37.3 Å². The maximum Gasteiger partial charge on any atom is 0.321 e. The van der Waals surface area contributed by atoms with Gasteiger partial charge in [0.25, 0.3) is 0 Å². The number of amides is 3. The van der Waals surface area contributed by atoms with Gasteiger partial charge in [0.2, 0.25) is 5.91 Å². The summed E-state index contributed by atoms with van der Waals surface area (Å²) in [5, 5.41) is 5.13. The van der Waals surface area contributed by atoms with Crippen molar-refractivity contribution in [3.8, 4) is 0 Å². The first kappa shape index (κ1) is 15.0. The van der Waals surface area contributed by atoms with Crippen molar-refractivity contribution in [2.45, 2.75) is 37.7 Å². The molecule has 1 aromatic rings. The van der Waals surface area contributed by atoms with E-state index in [0.29, 0.717) is 19.4 Å². The van der Waals surface area contributed by atoms with Gasteiger partial charge in [0.15, 0.2) is 0 Å². The topological polar surface area (TPSA) is 76.7 Å². The van der Waals surface area contributed by atoms with Crippen LogP contribution < -0.4 is 10.6 Å². The molecule has 22 heavy (non-hydrogen) atoms. The third kappa shape index (κ3) is 3.13. The summed E-state index contributed by atoms with van der Waals surface area (Å²) in [4.78, 5) is 23.4. The number of urea groups is 1. The molecule has 2 N–H and O–H groups in total. The van der Waals surface area contributed by atoms with E-state index in [4.69, 9.17) is 9.47 Å². The molecule has 0 spiro atoms. The van der Waals surface area contributed by atoms with Crippen LogP contribution in [0.15, 0.2) is 30.3 Å². The first-order chi connectivity index (χ1) is 10.7. The van der Waals surface area contributed by atoms with Gasteiger partial charge in [0.1, 0.15) is 0 Å². The third-order valence-electron chi connectivity index (χ3n) is 4.37. The van der Waals surface area contributed by atoms with E-state index in [2.05, 4.69) is 10.6 Å². The zero-order valence-corrected chi connectivity index (χ0v) is 12.5. The fourth-order valence-electron chi connectivity index (χ4n) is 3.19. The summed E-state index contributed by atoms with van der Waals surface area (Å²) in [7, 11) is 1.63. The van der Waals surface area contributed by atoms with E-state index in [-0.39, 0.29) is 30.1 Å². The molecule has 1 aliphatic carbocycles. The van der Waals surface area contributed by atoms with Crippen LogP contribution in [-0.2, 0) is 20.9 Å². The molecule has 3 rings (SSSR count). The molecule has 4 unspecified atom stereocenters. The van der Waals surface area contributed by atoms with Crippen LogP contribution >= 0.6 is 0 Å². The number of fused-ring (bicyclic) bond motifs is 1. The van der Waals surface area contributed by atoms with Crippen molar-refractivity contribution in [1.29, 1.82) is 0 Å². The molecule has 1 aliphatic heterocycles. The summed E-state index contributed by atoms with van der Waals surface area (Å²) >= 11 is 0. The van der Waals surface area contributed by atoms with E-state index in [1.807, 2.05) is 30.3 Å². The maximum atomic E-state index is 11.9. The number of imide groups is 1. The van der Waals surface area contributed by atoms with Crippen LogP contribution in [0.2, 0.25) is 0 Å². The molecule has 1 aromatic carbocycles. The number of carbonyl (C=O) groups excluding carboxylic acids is 2.